The molecule has 2 bridgehead atoms. The number of hydrogen-bond acceptors (Lipinski definition) is 5. The minimum absolute atomic E-state index is 0.00175. The molecule has 5 rings (SSSR count). The summed E-state index contributed by atoms with van der Waals surface area (Å²) in [5, 5.41) is 9.31. The monoisotopic (exact) mass is 391 g/mol. The van der Waals surface area contributed by atoms with Gasteiger partial charge in [0.1, 0.15) is 5.82 Å². The van der Waals surface area contributed by atoms with Gasteiger partial charge in [-0.2, -0.15) is 0 Å². The summed E-state index contributed by atoms with van der Waals surface area (Å²) in [5.74, 6) is -3.56. The first-order chi connectivity index (χ1) is 13.3. The Labute approximate surface area is 161 Å². The fourth-order valence-corrected chi connectivity index (χ4v) is 4.94. The quantitative estimate of drug-likeness (QED) is 0.796. The van der Waals surface area contributed by atoms with Gasteiger partial charge in [-0.25, -0.2) is 13.6 Å². The molecule has 1 N–H and O–H groups in total. The Morgan fingerprint density at radius 2 is 1.89 bits per heavy atom. The zero-order valence-electron chi connectivity index (χ0n) is 15.7. The molecule has 28 heavy (non-hydrogen) atoms. The molecule has 2 saturated heterocycles. The number of carbonyl (C=O) groups is 2. The van der Waals surface area contributed by atoms with E-state index in [1.807, 2.05) is 0 Å². The molecule has 0 aromatic heterocycles. The first-order valence-electron chi connectivity index (χ1n) is 9.87. The van der Waals surface area contributed by atoms with Gasteiger partial charge in [-0.05, 0) is 38.3 Å². The van der Waals surface area contributed by atoms with Gasteiger partial charge < -0.3 is 14.9 Å². The molecule has 1 saturated carbocycles. The molecule has 4 unspecified atom stereocenters. The van der Waals surface area contributed by atoms with Crippen LogP contribution in [0.5, 0.6) is 0 Å². The lowest BCUT2D eigenvalue weighted by molar-refractivity contribution is -0.147. The summed E-state index contributed by atoms with van der Waals surface area (Å²) in [6.07, 6.45) is 2.58. The van der Waals surface area contributed by atoms with Crippen molar-refractivity contribution in [1.29, 1.82) is 0 Å². The fraction of sp³-hybridized carbons (Fsp3) is 0.600. The molecule has 0 radical (unpaired) electrons. The average Bonchev–Trinajstić information content (AvgIpc) is 3.41. The van der Waals surface area contributed by atoms with Crippen LogP contribution in [0.25, 0.3) is 0 Å². The maximum Gasteiger partial charge on any atom is 0.351 e. The zero-order chi connectivity index (χ0) is 19.8. The number of rotatable bonds is 3. The average molecular weight is 391 g/mol. The molecule has 3 heterocycles. The lowest BCUT2D eigenvalue weighted by Crippen LogP contribution is -2.56. The Kier molecular flexibility index (Phi) is 3.75. The number of nitrogens with zero attached hydrogens (tertiary/aromatic N) is 3. The van der Waals surface area contributed by atoms with Crippen molar-refractivity contribution in [3.05, 3.63) is 23.5 Å². The van der Waals surface area contributed by atoms with E-state index in [0.29, 0.717) is 24.0 Å². The van der Waals surface area contributed by atoms with Crippen LogP contribution in [0, 0.1) is 5.82 Å². The summed E-state index contributed by atoms with van der Waals surface area (Å²) < 4.78 is 30.1. The molecule has 150 valence electrons. The van der Waals surface area contributed by atoms with Crippen LogP contribution in [-0.4, -0.2) is 71.7 Å². The molecule has 1 aromatic carbocycles. The maximum atomic E-state index is 15.1. The number of carboxylic acids is 1. The molecule has 6 nitrogen and oxygen atoms in total. The number of alkyl halides is 1. The highest BCUT2D eigenvalue weighted by Crippen LogP contribution is 2.44. The summed E-state index contributed by atoms with van der Waals surface area (Å²) in [5.41, 5.74) is -2.30. The summed E-state index contributed by atoms with van der Waals surface area (Å²) in [4.78, 5) is 30.2. The highest BCUT2D eigenvalue weighted by atomic mass is 19.1. The third kappa shape index (κ3) is 2.46. The minimum atomic E-state index is -3.03. The Hall–Kier alpha value is -2.22. The maximum absolute atomic E-state index is 15.1. The topological polar surface area (TPSA) is 64.1 Å². The summed E-state index contributed by atoms with van der Waals surface area (Å²) in [7, 11) is 0. The summed E-state index contributed by atoms with van der Waals surface area (Å²) in [6, 6.07) is 3.22. The number of aliphatic carboxylic acids is 1. The predicted octanol–water partition coefficient (Wildman–Crippen LogP) is 2.07. The number of ketones is 1. The third-order valence-electron chi connectivity index (χ3n) is 6.72. The van der Waals surface area contributed by atoms with Gasteiger partial charge in [-0.1, -0.05) is 0 Å². The van der Waals surface area contributed by atoms with E-state index in [9.17, 15) is 14.7 Å². The van der Waals surface area contributed by atoms with Crippen molar-refractivity contribution in [3.8, 4) is 0 Å². The molecule has 0 spiro atoms. The second kappa shape index (κ2) is 5.89. The molecule has 4 atom stereocenters. The van der Waals surface area contributed by atoms with Crippen LogP contribution in [0.4, 0.5) is 20.2 Å². The third-order valence-corrected chi connectivity index (χ3v) is 6.72. The molecular formula is C20H23F2N3O3. The van der Waals surface area contributed by atoms with E-state index in [1.165, 1.54) is 0 Å². The van der Waals surface area contributed by atoms with Crippen molar-refractivity contribution >= 4 is 23.1 Å². The number of carboxylic acid groups (broad SMARTS) is 1. The van der Waals surface area contributed by atoms with Crippen LogP contribution in [0.15, 0.2) is 12.1 Å². The van der Waals surface area contributed by atoms with Gasteiger partial charge in [0.2, 0.25) is 5.78 Å². The van der Waals surface area contributed by atoms with E-state index in [2.05, 4.69) is 16.7 Å². The second-order valence-corrected chi connectivity index (χ2v) is 8.55. The molecule has 1 aromatic rings. The van der Waals surface area contributed by atoms with E-state index in [1.54, 1.807) is 11.0 Å². The summed E-state index contributed by atoms with van der Waals surface area (Å²) >= 11 is 0. The van der Waals surface area contributed by atoms with Crippen LogP contribution in [0.3, 0.4) is 0 Å². The highest BCUT2D eigenvalue weighted by molar-refractivity contribution is 6.19. The van der Waals surface area contributed by atoms with Crippen molar-refractivity contribution < 1.29 is 23.5 Å². The van der Waals surface area contributed by atoms with Crippen molar-refractivity contribution in [2.45, 2.75) is 50.0 Å². The Balaban J connectivity index is 1.60. The number of halogens is 2. The number of fused-ring (bicyclic) bond motifs is 3. The molecule has 3 aliphatic heterocycles. The first kappa shape index (κ1) is 17.8. The smallest absolute Gasteiger partial charge is 0.351 e. The van der Waals surface area contributed by atoms with Crippen molar-refractivity contribution in [2.24, 2.45) is 0 Å². The Bertz CT molecular complexity index is 874. The summed E-state index contributed by atoms with van der Waals surface area (Å²) in [6.45, 7) is 4.17. The van der Waals surface area contributed by atoms with Gasteiger partial charge in [-0.3, -0.25) is 9.69 Å². The molecular weight excluding hydrogens is 368 g/mol. The Morgan fingerprint density at radius 1 is 1.14 bits per heavy atom. The van der Waals surface area contributed by atoms with Crippen LogP contribution < -0.4 is 9.80 Å². The largest absolute Gasteiger partial charge is 0.478 e. The van der Waals surface area contributed by atoms with E-state index >= 15 is 8.78 Å². The van der Waals surface area contributed by atoms with E-state index < -0.39 is 29.8 Å². The number of piperazine rings is 1. The predicted molar refractivity (Wildman–Crippen MR) is 99.4 cm³/mol. The normalized spacial score (nSPS) is 34.5. The lowest BCUT2D eigenvalue weighted by atomic mass is 9.87. The van der Waals surface area contributed by atoms with Crippen LogP contribution in [0.2, 0.25) is 0 Å². The van der Waals surface area contributed by atoms with Gasteiger partial charge in [0, 0.05) is 43.3 Å². The number of benzene rings is 1. The highest BCUT2D eigenvalue weighted by Gasteiger charge is 2.55. The molecule has 4 aliphatic rings. The van der Waals surface area contributed by atoms with Crippen molar-refractivity contribution in [1.82, 2.24) is 4.90 Å². The van der Waals surface area contributed by atoms with E-state index in [-0.39, 0.29) is 17.6 Å². The molecule has 0 amide bonds. The number of anilines is 2. The number of Topliss-reactive ketones (excluding diaryl/α,β-unsaturated/α-hetero) is 1. The fourth-order valence-electron chi connectivity index (χ4n) is 4.94. The Morgan fingerprint density at radius 3 is 2.57 bits per heavy atom. The molecule has 3 fully saturated rings. The lowest BCUT2D eigenvalue weighted by Gasteiger charge is -2.42. The number of carbonyl (C=O) groups excluding carboxylic acids is 1. The van der Waals surface area contributed by atoms with Crippen molar-refractivity contribution in [3.63, 3.8) is 0 Å². The van der Waals surface area contributed by atoms with Gasteiger partial charge in [0.15, 0.2) is 0 Å². The van der Waals surface area contributed by atoms with Crippen LogP contribution >= 0.6 is 0 Å². The standard InChI is InChI=1S/C20H23F2N3O3/c1-11-8-24(13-4-5-23(11)9-13)17-7-16-14(6-15(17)21)18(26)20(22,19(27)28)10-25(16)12-2-3-12/h6-7,11-13H,2-5,8-10H2,1H3,(H,27,28). The second-order valence-electron chi connectivity index (χ2n) is 8.55. The van der Waals surface area contributed by atoms with Gasteiger partial charge in [0.05, 0.1) is 17.9 Å². The molecule has 1 aliphatic carbocycles. The van der Waals surface area contributed by atoms with Gasteiger partial charge in [0.25, 0.3) is 5.67 Å². The zero-order valence-corrected chi connectivity index (χ0v) is 15.7. The van der Waals surface area contributed by atoms with Gasteiger partial charge in [-0.15, -0.1) is 0 Å². The van der Waals surface area contributed by atoms with E-state index in [4.69, 9.17) is 0 Å². The minimum Gasteiger partial charge on any atom is -0.478 e. The van der Waals surface area contributed by atoms with Crippen molar-refractivity contribution in [2.75, 3.05) is 36.0 Å². The SMILES string of the molecule is CC1CN(c2cc3c(cc2F)C(=O)C(F)(C(=O)O)CN3C2CC2)C2CCN1C2. The molecule has 8 heteroatoms. The van der Waals surface area contributed by atoms with Crippen LogP contribution in [0.1, 0.15) is 36.5 Å². The van der Waals surface area contributed by atoms with Gasteiger partial charge >= 0.3 is 5.97 Å². The van der Waals surface area contributed by atoms with E-state index in [0.717, 1.165) is 38.4 Å². The number of hydrogen-bond donors (Lipinski definition) is 1. The van der Waals surface area contributed by atoms with Crippen LogP contribution in [-0.2, 0) is 4.79 Å². The first-order valence-corrected chi connectivity index (χ1v) is 9.87.